The van der Waals surface area contributed by atoms with E-state index < -0.39 is 17.5 Å². The summed E-state index contributed by atoms with van der Waals surface area (Å²) in [4.78, 5) is 12.4. The number of hydrogen-bond acceptors (Lipinski definition) is 3. The second-order valence-corrected chi connectivity index (χ2v) is 6.14. The second-order valence-electron chi connectivity index (χ2n) is 6.14. The minimum atomic E-state index is -0.853. The van der Waals surface area contributed by atoms with E-state index in [1.54, 1.807) is 54.6 Å². The summed E-state index contributed by atoms with van der Waals surface area (Å²) in [7, 11) is 3.05. The van der Waals surface area contributed by atoms with Crippen LogP contribution in [0.2, 0.25) is 0 Å². The molecule has 0 heterocycles. The molecule has 1 amide bonds. The third-order valence-electron chi connectivity index (χ3n) is 4.19. The molecule has 4 nitrogen and oxygen atoms in total. The number of ether oxygens (including phenoxy) is 2. The molecule has 148 valence electrons. The van der Waals surface area contributed by atoms with E-state index in [0.717, 1.165) is 6.07 Å². The Hall–Kier alpha value is -3.67. The van der Waals surface area contributed by atoms with E-state index >= 15 is 0 Å². The summed E-state index contributed by atoms with van der Waals surface area (Å²) in [6.07, 6.45) is 2.80. The number of anilines is 1. The third-order valence-corrected chi connectivity index (χ3v) is 4.19. The first-order valence-corrected chi connectivity index (χ1v) is 8.76. The number of carbonyl (C=O) groups excluding carboxylic acids is 1. The van der Waals surface area contributed by atoms with Gasteiger partial charge in [-0.1, -0.05) is 30.3 Å². The van der Waals surface area contributed by atoms with E-state index in [0.29, 0.717) is 22.6 Å². The minimum Gasteiger partial charge on any atom is -0.497 e. The maximum absolute atomic E-state index is 14.4. The third kappa shape index (κ3) is 4.99. The standard InChI is InChI=1S/C23H19F2NO3/c1-28-18-10-15(11-19(14-18)29-2)8-9-22(27)26-23-20(12-17(24)13-21(23)25)16-6-4-3-5-7-16/h3-14H,1-2H3,(H,26,27)/b9-8+. The first-order chi connectivity index (χ1) is 14.0. The molecule has 0 aromatic heterocycles. The lowest BCUT2D eigenvalue weighted by molar-refractivity contribution is -0.111. The molecule has 0 radical (unpaired) electrons. The highest BCUT2D eigenvalue weighted by Gasteiger charge is 2.14. The molecule has 0 aliphatic carbocycles. The van der Waals surface area contributed by atoms with E-state index in [-0.39, 0.29) is 11.3 Å². The van der Waals surface area contributed by atoms with Crippen LogP contribution in [0.5, 0.6) is 11.5 Å². The summed E-state index contributed by atoms with van der Waals surface area (Å²) < 4.78 is 38.5. The molecule has 3 rings (SSSR count). The molecule has 0 bridgehead atoms. The Morgan fingerprint density at radius 2 is 1.59 bits per heavy atom. The van der Waals surface area contributed by atoms with Crippen LogP contribution in [0.25, 0.3) is 17.2 Å². The quantitative estimate of drug-likeness (QED) is 0.576. The van der Waals surface area contributed by atoms with Crippen molar-refractivity contribution in [1.82, 2.24) is 0 Å². The van der Waals surface area contributed by atoms with Crippen molar-refractivity contribution in [3.63, 3.8) is 0 Å². The SMILES string of the molecule is COc1cc(/C=C/C(=O)Nc2c(F)cc(F)cc2-c2ccccc2)cc(OC)c1. The van der Waals surface area contributed by atoms with Gasteiger partial charge in [-0.05, 0) is 35.4 Å². The highest BCUT2D eigenvalue weighted by Crippen LogP contribution is 2.31. The molecule has 0 spiro atoms. The average molecular weight is 395 g/mol. The second kappa shape index (κ2) is 9.01. The molecule has 0 fully saturated rings. The average Bonchev–Trinajstić information content (AvgIpc) is 2.74. The fraction of sp³-hybridized carbons (Fsp3) is 0.0870. The van der Waals surface area contributed by atoms with Crippen LogP contribution in [0.1, 0.15) is 5.56 Å². The number of benzene rings is 3. The smallest absolute Gasteiger partial charge is 0.248 e. The molecule has 0 atom stereocenters. The van der Waals surface area contributed by atoms with Crippen molar-refractivity contribution >= 4 is 17.7 Å². The predicted octanol–water partition coefficient (Wildman–Crippen LogP) is 5.30. The van der Waals surface area contributed by atoms with Gasteiger partial charge in [0, 0.05) is 23.8 Å². The van der Waals surface area contributed by atoms with E-state index in [4.69, 9.17) is 9.47 Å². The van der Waals surface area contributed by atoms with Gasteiger partial charge < -0.3 is 14.8 Å². The van der Waals surface area contributed by atoms with Crippen molar-refractivity contribution in [1.29, 1.82) is 0 Å². The summed E-state index contributed by atoms with van der Waals surface area (Å²) in [5.41, 5.74) is 1.42. The summed E-state index contributed by atoms with van der Waals surface area (Å²) in [5, 5.41) is 2.50. The van der Waals surface area contributed by atoms with Crippen molar-refractivity contribution in [3.8, 4) is 22.6 Å². The fourth-order valence-corrected chi connectivity index (χ4v) is 2.81. The molecule has 29 heavy (non-hydrogen) atoms. The van der Waals surface area contributed by atoms with Crippen molar-refractivity contribution < 1.29 is 23.0 Å². The zero-order chi connectivity index (χ0) is 20.8. The lowest BCUT2D eigenvalue weighted by Crippen LogP contribution is -2.11. The van der Waals surface area contributed by atoms with Gasteiger partial charge in [-0.25, -0.2) is 8.78 Å². The van der Waals surface area contributed by atoms with Crippen molar-refractivity contribution in [2.24, 2.45) is 0 Å². The number of nitrogens with one attached hydrogen (secondary N) is 1. The Morgan fingerprint density at radius 3 is 2.21 bits per heavy atom. The molecular formula is C23H19F2NO3. The monoisotopic (exact) mass is 395 g/mol. The molecule has 3 aromatic carbocycles. The summed E-state index contributed by atoms with van der Waals surface area (Å²) in [5.74, 6) is -0.998. The van der Waals surface area contributed by atoms with E-state index in [9.17, 15) is 13.6 Å². The number of halogens is 2. The zero-order valence-corrected chi connectivity index (χ0v) is 15.9. The lowest BCUT2D eigenvalue weighted by atomic mass is 10.0. The van der Waals surface area contributed by atoms with Gasteiger partial charge in [0.2, 0.25) is 5.91 Å². The van der Waals surface area contributed by atoms with E-state index in [1.165, 1.54) is 26.4 Å². The predicted molar refractivity (Wildman–Crippen MR) is 109 cm³/mol. The number of carbonyl (C=O) groups is 1. The van der Waals surface area contributed by atoms with Crippen LogP contribution >= 0.6 is 0 Å². The van der Waals surface area contributed by atoms with Crippen LogP contribution in [0.15, 0.2) is 66.7 Å². The van der Waals surface area contributed by atoms with Crippen LogP contribution in [0.4, 0.5) is 14.5 Å². The molecule has 1 N–H and O–H groups in total. The number of rotatable bonds is 6. The number of amides is 1. The van der Waals surface area contributed by atoms with Crippen LogP contribution in [-0.4, -0.2) is 20.1 Å². The highest BCUT2D eigenvalue weighted by atomic mass is 19.1. The largest absolute Gasteiger partial charge is 0.497 e. The lowest BCUT2D eigenvalue weighted by Gasteiger charge is -2.12. The first-order valence-electron chi connectivity index (χ1n) is 8.76. The molecule has 0 saturated carbocycles. The van der Waals surface area contributed by atoms with Gasteiger partial charge in [-0.2, -0.15) is 0 Å². The van der Waals surface area contributed by atoms with Crippen molar-refractivity contribution in [2.75, 3.05) is 19.5 Å². The van der Waals surface area contributed by atoms with E-state index in [1.807, 2.05) is 0 Å². The maximum Gasteiger partial charge on any atom is 0.248 e. The normalized spacial score (nSPS) is 10.8. The van der Waals surface area contributed by atoms with Crippen molar-refractivity contribution in [2.45, 2.75) is 0 Å². The molecule has 3 aromatic rings. The topological polar surface area (TPSA) is 47.6 Å². The zero-order valence-electron chi connectivity index (χ0n) is 15.9. The van der Waals surface area contributed by atoms with Crippen molar-refractivity contribution in [3.05, 3.63) is 83.9 Å². The van der Waals surface area contributed by atoms with Gasteiger partial charge in [0.25, 0.3) is 0 Å². The van der Waals surface area contributed by atoms with Crippen LogP contribution in [-0.2, 0) is 4.79 Å². The van der Waals surface area contributed by atoms with Crippen LogP contribution in [0, 0.1) is 11.6 Å². The Labute approximate surface area is 167 Å². The molecule has 6 heteroatoms. The Balaban J connectivity index is 1.87. The Bertz CT molecular complexity index is 1030. The molecule has 0 aliphatic heterocycles. The summed E-state index contributed by atoms with van der Waals surface area (Å²) in [6, 6.07) is 15.8. The molecule has 0 unspecified atom stereocenters. The van der Waals surface area contributed by atoms with E-state index in [2.05, 4.69) is 5.32 Å². The van der Waals surface area contributed by atoms with Gasteiger partial charge in [0.1, 0.15) is 23.1 Å². The summed E-state index contributed by atoms with van der Waals surface area (Å²) >= 11 is 0. The Kier molecular flexibility index (Phi) is 6.24. The van der Waals surface area contributed by atoms with Gasteiger partial charge in [0.05, 0.1) is 19.9 Å². The molecule has 0 saturated heterocycles. The number of methoxy groups -OCH3 is 2. The van der Waals surface area contributed by atoms with Crippen LogP contribution in [0.3, 0.4) is 0 Å². The fourth-order valence-electron chi connectivity index (χ4n) is 2.81. The highest BCUT2D eigenvalue weighted by molar-refractivity contribution is 6.04. The number of hydrogen-bond donors (Lipinski definition) is 1. The Morgan fingerprint density at radius 1 is 0.931 bits per heavy atom. The maximum atomic E-state index is 14.4. The van der Waals surface area contributed by atoms with Crippen LogP contribution < -0.4 is 14.8 Å². The molecular weight excluding hydrogens is 376 g/mol. The van der Waals surface area contributed by atoms with Gasteiger partial charge in [0.15, 0.2) is 0 Å². The summed E-state index contributed by atoms with van der Waals surface area (Å²) in [6.45, 7) is 0. The van der Waals surface area contributed by atoms with Gasteiger partial charge in [-0.15, -0.1) is 0 Å². The first kappa shape index (κ1) is 20.1. The molecule has 0 aliphatic rings. The van der Waals surface area contributed by atoms with Gasteiger partial charge in [-0.3, -0.25) is 4.79 Å². The van der Waals surface area contributed by atoms with Gasteiger partial charge >= 0.3 is 0 Å². The minimum absolute atomic E-state index is 0.0875.